The maximum atomic E-state index is 10.7. The highest BCUT2D eigenvalue weighted by atomic mass is 16.5. The Morgan fingerprint density at radius 2 is 2.28 bits per heavy atom. The van der Waals surface area contributed by atoms with Crippen LogP contribution in [0, 0.1) is 12.3 Å². The molecule has 0 aliphatic heterocycles. The van der Waals surface area contributed by atoms with Gasteiger partial charge in [0.1, 0.15) is 0 Å². The van der Waals surface area contributed by atoms with E-state index in [-0.39, 0.29) is 25.4 Å². The van der Waals surface area contributed by atoms with Crippen LogP contribution in [0.1, 0.15) is 5.56 Å². The van der Waals surface area contributed by atoms with E-state index in [0.29, 0.717) is 11.3 Å². The second-order valence-corrected chi connectivity index (χ2v) is 3.71. The molecule has 96 valence electrons. The topological polar surface area (TPSA) is 70.0 Å². The lowest BCUT2D eigenvalue weighted by atomic mass is 10.1. The molecule has 0 fully saturated rings. The van der Waals surface area contributed by atoms with E-state index in [1.807, 2.05) is 0 Å². The van der Waals surface area contributed by atoms with Crippen molar-refractivity contribution in [1.82, 2.24) is 4.90 Å². The summed E-state index contributed by atoms with van der Waals surface area (Å²) >= 11 is 0. The van der Waals surface area contributed by atoms with Crippen LogP contribution in [0.4, 0.5) is 0 Å². The molecule has 1 aromatic rings. The number of phenols is 1. The van der Waals surface area contributed by atoms with Crippen LogP contribution >= 0.6 is 0 Å². The summed E-state index contributed by atoms with van der Waals surface area (Å²) in [6.07, 6.45) is 5.18. The van der Waals surface area contributed by atoms with Crippen LogP contribution in [0.15, 0.2) is 18.2 Å². The number of carbonyl (C=O) groups is 1. The molecule has 0 bridgehead atoms. The van der Waals surface area contributed by atoms with Gasteiger partial charge in [-0.05, 0) is 6.07 Å². The first kappa shape index (κ1) is 13.9. The lowest BCUT2D eigenvalue weighted by molar-refractivity contribution is -0.138. The predicted molar refractivity (Wildman–Crippen MR) is 66.4 cm³/mol. The maximum absolute atomic E-state index is 10.7. The van der Waals surface area contributed by atoms with Crippen LogP contribution in [0.5, 0.6) is 11.5 Å². The van der Waals surface area contributed by atoms with Gasteiger partial charge in [0.2, 0.25) is 0 Å². The van der Waals surface area contributed by atoms with Gasteiger partial charge in [0.25, 0.3) is 0 Å². The summed E-state index contributed by atoms with van der Waals surface area (Å²) in [5.41, 5.74) is 0.575. The molecule has 0 amide bonds. The quantitative estimate of drug-likeness (QED) is 0.734. The SMILES string of the molecule is C#CCN(CC(=O)O)Cc1cccc(OC)c1O. The first-order valence-corrected chi connectivity index (χ1v) is 5.31. The van der Waals surface area contributed by atoms with Crippen LogP contribution in [0.2, 0.25) is 0 Å². The lowest BCUT2D eigenvalue weighted by Crippen LogP contribution is -2.29. The van der Waals surface area contributed by atoms with Crippen molar-refractivity contribution in [2.45, 2.75) is 6.54 Å². The molecule has 0 atom stereocenters. The summed E-state index contributed by atoms with van der Waals surface area (Å²) < 4.78 is 4.98. The maximum Gasteiger partial charge on any atom is 0.317 e. The number of benzene rings is 1. The Hall–Kier alpha value is -2.19. The largest absolute Gasteiger partial charge is 0.504 e. The number of phenolic OH excluding ortho intramolecular Hbond substituents is 1. The molecule has 0 aromatic heterocycles. The number of aromatic hydroxyl groups is 1. The van der Waals surface area contributed by atoms with Crippen LogP contribution in [-0.2, 0) is 11.3 Å². The van der Waals surface area contributed by atoms with Crippen molar-refractivity contribution >= 4 is 5.97 Å². The Morgan fingerprint density at radius 1 is 1.56 bits per heavy atom. The molecule has 5 heteroatoms. The average Bonchev–Trinajstić information content (AvgIpc) is 2.31. The Balaban J connectivity index is 2.87. The molecule has 2 N–H and O–H groups in total. The molecular weight excluding hydrogens is 234 g/mol. The van der Waals surface area contributed by atoms with Gasteiger partial charge in [0.15, 0.2) is 11.5 Å². The van der Waals surface area contributed by atoms with E-state index in [2.05, 4.69) is 5.92 Å². The average molecular weight is 249 g/mol. The second kappa shape index (κ2) is 6.52. The summed E-state index contributed by atoms with van der Waals surface area (Å²) in [6.45, 7) is 0.267. The van der Waals surface area contributed by atoms with Crippen LogP contribution in [0.25, 0.3) is 0 Å². The number of rotatable bonds is 6. The fourth-order valence-electron chi connectivity index (χ4n) is 1.59. The zero-order valence-electron chi connectivity index (χ0n) is 10.1. The van der Waals surface area contributed by atoms with Crippen molar-refractivity contribution in [3.05, 3.63) is 23.8 Å². The van der Waals surface area contributed by atoms with Crippen molar-refractivity contribution in [3.63, 3.8) is 0 Å². The molecule has 0 saturated heterocycles. The highest BCUT2D eigenvalue weighted by molar-refractivity contribution is 5.69. The second-order valence-electron chi connectivity index (χ2n) is 3.71. The molecule has 18 heavy (non-hydrogen) atoms. The fraction of sp³-hybridized carbons (Fsp3) is 0.308. The van der Waals surface area contributed by atoms with Crippen molar-refractivity contribution in [3.8, 4) is 23.8 Å². The number of carboxylic acid groups (broad SMARTS) is 1. The van der Waals surface area contributed by atoms with E-state index in [1.54, 1.807) is 18.2 Å². The minimum absolute atomic E-state index is 0.00686. The number of ether oxygens (including phenoxy) is 1. The highest BCUT2D eigenvalue weighted by Gasteiger charge is 2.13. The van der Waals surface area contributed by atoms with Gasteiger partial charge in [0.05, 0.1) is 20.2 Å². The Labute approximate surface area is 106 Å². The monoisotopic (exact) mass is 249 g/mol. The minimum Gasteiger partial charge on any atom is -0.504 e. The third-order valence-corrected chi connectivity index (χ3v) is 2.37. The van der Waals surface area contributed by atoms with Gasteiger partial charge >= 0.3 is 5.97 Å². The third kappa shape index (κ3) is 3.68. The van der Waals surface area contributed by atoms with E-state index in [0.717, 1.165) is 0 Å². The molecule has 0 spiro atoms. The highest BCUT2D eigenvalue weighted by Crippen LogP contribution is 2.30. The first-order chi connectivity index (χ1) is 8.58. The molecule has 0 aliphatic rings. The minimum atomic E-state index is -0.965. The van der Waals surface area contributed by atoms with Gasteiger partial charge in [-0.1, -0.05) is 18.1 Å². The van der Waals surface area contributed by atoms with Gasteiger partial charge in [0, 0.05) is 12.1 Å². The predicted octanol–water partition coefficient (Wildman–Crippen LogP) is 0.921. The number of terminal acetylenes is 1. The molecule has 1 rings (SSSR count). The van der Waals surface area contributed by atoms with Gasteiger partial charge in [-0.15, -0.1) is 6.42 Å². The normalized spacial score (nSPS) is 10.1. The Kier molecular flexibility index (Phi) is 5.03. The van der Waals surface area contributed by atoms with Crippen molar-refractivity contribution in [1.29, 1.82) is 0 Å². The Bertz CT molecular complexity index is 465. The van der Waals surface area contributed by atoms with E-state index < -0.39 is 5.97 Å². The van der Waals surface area contributed by atoms with E-state index in [9.17, 15) is 9.90 Å². The summed E-state index contributed by atoms with van der Waals surface area (Å²) in [6, 6.07) is 5.05. The van der Waals surface area contributed by atoms with Crippen LogP contribution < -0.4 is 4.74 Å². The van der Waals surface area contributed by atoms with Crippen LogP contribution in [-0.4, -0.2) is 41.3 Å². The molecule has 0 radical (unpaired) electrons. The first-order valence-electron chi connectivity index (χ1n) is 5.31. The van der Waals surface area contributed by atoms with E-state index in [1.165, 1.54) is 12.0 Å². The number of hydrogen-bond donors (Lipinski definition) is 2. The summed E-state index contributed by atoms with van der Waals surface area (Å²) in [5, 5.41) is 18.7. The van der Waals surface area contributed by atoms with Crippen molar-refractivity contribution in [2.75, 3.05) is 20.2 Å². The standard InChI is InChI=1S/C13H15NO4/c1-3-7-14(9-12(15)16)8-10-5-4-6-11(18-2)13(10)17/h1,4-6,17H,7-9H2,2H3,(H,15,16). The van der Waals surface area contributed by atoms with Crippen LogP contribution in [0.3, 0.4) is 0 Å². The summed E-state index contributed by atoms with van der Waals surface area (Å²) in [4.78, 5) is 12.2. The van der Waals surface area contributed by atoms with Gasteiger partial charge in [-0.25, -0.2) is 0 Å². The molecule has 0 saturated carbocycles. The number of aliphatic carboxylic acids is 1. The molecule has 0 aliphatic carbocycles. The zero-order valence-corrected chi connectivity index (χ0v) is 10.1. The van der Waals surface area contributed by atoms with Crippen molar-refractivity contribution in [2.24, 2.45) is 0 Å². The van der Waals surface area contributed by atoms with E-state index >= 15 is 0 Å². The molecular formula is C13H15NO4. The number of para-hydroxylation sites is 1. The summed E-state index contributed by atoms with van der Waals surface area (Å²) in [5.74, 6) is 1.78. The Morgan fingerprint density at radius 3 is 2.83 bits per heavy atom. The number of hydrogen-bond acceptors (Lipinski definition) is 4. The smallest absolute Gasteiger partial charge is 0.317 e. The summed E-state index contributed by atoms with van der Waals surface area (Å²) in [7, 11) is 1.45. The number of methoxy groups -OCH3 is 1. The number of carboxylic acids is 1. The van der Waals surface area contributed by atoms with Gasteiger partial charge < -0.3 is 14.9 Å². The van der Waals surface area contributed by atoms with Gasteiger partial charge in [-0.2, -0.15) is 0 Å². The molecule has 1 aromatic carbocycles. The third-order valence-electron chi connectivity index (χ3n) is 2.37. The lowest BCUT2D eigenvalue weighted by Gasteiger charge is -2.18. The van der Waals surface area contributed by atoms with Crippen molar-refractivity contribution < 1.29 is 19.7 Å². The molecule has 0 unspecified atom stereocenters. The fourth-order valence-corrected chi connectivity index (χ4v) is 1.59. The van der Waals surface area contributed by atoms with E-state index in [4.69, 9.17) is 16.3 Å². The molecule has 0 heterocycles. The molecule has 5 nitrogen and oxygen atoms in total. The zero-order chi connectivity index (χ0) is 13.5. The number of nitrogens with zero attached hydrogens (tertiary/aromatic N) is 1. The van der Waals surface area contributed by atoms with Gasteiger partial charge in [-0.3, -0.25) is 9.69 Å².